The summed E-state index contributed by atoms with van der Waals surface area (Å²) < 4.78 is 59.2. The van der Waals surface area contributed by atoms with E-state index in [2.05, 4.69) is 4.74 Å². The fourth-order valence-electron chi connectivity index (χ4n) is 2.80. The maximum Gasteiger partial charge on any atom is 0.368 e. The lowest BCUT2D eigenvalue weighted by atomic mass is 10.1. The van der Waals surface area contributed by atoms with E-state index >= 15 is 0 Å². The molecule has 0 aliphatic heterocycles. The molecule has 9 nitrogen and oxygen atoms in total. The molecule has 32 heavy (non-hydrogen) atoms. The van der Waals surface area contributed by atoms with Crippen LogP contribution in [-0.2, 0) is 43.2 Å². The molecule has 184 valence electrons. The third-order valence-corrected chi connectivity index (χ3v) is 7.95. The largest absolute Gasteiger partial charge is 0.480 e. The highest BCUT2D eigenvalue weighted by atomic mass is 31.2. The summed E-state index contributed by atoms with van der Waals surface area (Å²) in [4.78, 5) is 11.5. The van der Waals surface area contributed by atoms with Crippen LogP contribution in [-0.4, -0.2) is 44.8 Å². The van der Waals surface area contributed by atoms with Crippen molar-refractivity contribution >= 4 is 26.5 Å². The van der Waals surface area contributed by atoms with Crippen LogP contribution >= 0.6 is 15.2 Å². The second-order valence-electron chi connectivity index (χ2n) is 7.40. The van der Waals surface area contributed by atoms with E-state index in [-0.39, 0.29) is 55.2 Å². The highest BCUT2D eigenvalue weighted by molar-refractivity contribution is 7.62. The molecule has 0 atom stereocenters. The molecule has 0 fully saturated rings. The Bertz CT molecular complexity index is 799. The van der Waals surface area contributed by atoms with Crippen LogP contribution < -0.4 is 10.0 Å². The molecule has 0 radical (unpaired) electrons. The zero-order valence-electron chi connectivity index (χ0n) is 20.0. The Morgan fingerprint density at radius 1 is 0.969 bits per heavy atom. The molecule has 0 aliphatic rings. The Hall–Kier alpha value is -1.21. The summed E-state index contributed by atoms with van der Waals surface area (Å²) >= 11 is 0. The van der Waals surface area contributed by atoms with Gasteiger partial charge in [0.1, 0.15) is 11.1 Å². The van der Waals surface area contributed by atoms with Crippen LogP contribution in [0, 0.1) is 0 Å². The number of hydrogen-bond acceptors (Lipinski definition) is 9. The molecule has 0 saturated heterocycles. The number of carbonyl (C=O) groups excluding carboxylic acids is 1. The third kappa shape index (κ3) is 9.34. The number of esters is 1. The summed E-state index contributed by atoms with van der Waals surface area (Å²) in [5, 5.41) is 0.184. The number of hydrogen-bond donors (Lipinski definition) is 0. The van der Waals surface area contributed by atoms with Crippen molar-refractivity contribution < 1.29 is 41.5 Å². The smallest absolute Gasteiger partial charge is 0.368 e. The van der Waals surface area contributed by atoms with Crippen molar-refractivity contribution in [2.45, 2.75) is 66.6 Å². The molecule has 1 aromatic rings. The summed E-state index contributed by atoms with van der Waals surface area (Å²) in [6.07, 6.45) is -0.550. The van der Waals surface area contributed by atoms with Gasteiger partial charge in [-0.05, 0) is 65.7 Å². The van der Waals surface area contributed by atoms with E-state index in [1.807, 2.05) is 0 Å². The zero-order valence-corrected chi connectivity index (χ0v) is 21.8. The number of benzene rings is 1. The van der Waals surface area contributed by atoms with E-state index in [1.165, 1.54) is 7.11 Å². The number of carbonyl (C=O) groups is 1. The predicted octanol–water partition coefficient (Wildman–Crippen LogP) is 5.06. The lowest BCUT2D eigenvalue weighted by Crippen LogP contribution is -2.18. The molecule has 0 saturated carbocycles. The van der Waals surface area contributed by atoms with Gasteiger partial charge < -0.3 is 27.6 Å². The highest BCUT2D eigenvalue weighted by Crippen LogP contribution is 2.52. The summed E-state index contributed by atoms with van der Waals surface area (Å²) in [6.45, 7) is 10.7. The van der Waals surface area contributed by atoms with E-state index in [0.717, 1.165) is 5.56 Å². The SMILES string of the molecule is CCOP(=O)(OCC)c1cc(CCC(=O)OC)ccc1OCP(=O)(OC(C)C)OC(C)C. The normalized spacial score (nSPS) is 12.4. The minimum absolute atomic E-state index is 0.147. The monoisotopic (exact) mass is 494 g/mol. The van der Waals surface area contributed by atoms with Crippen molar-refractivity contribution in [1.82, 2.24) is 0 Å². The van der Waals surface area contributed by atoms with Gasteiger partial charge in [0, 0.05) is 6.42 Å². The quantitative estimate of drug-likeness (QED) is 0.244. The molecule has 11 heteroatoms. The molecule has 0 aromatic heterocycles. The van der Waals surface area contributed by atoms with Gasteiger partial charge in [-0.2, -0.15) is 0 Å². The van der Waals surface area contributed by atoms with Crippen molar-refractivity contribution in [3.05, 3.63) is 23.8 Å². The third-order valence-electron chi connectivity index (χ3n) is 3.88. The Labute approximate surface area is 191 Å². The topological polar surface area (TPSA) is 107 Å². The van der Waals surface area contributed by atoms with Gasteiger partial charge in [-0.15, -0.1) is 0 Å². The Balaban J connectivity index is 3.31. The van der Waals surface area contributed by atoms with Crippen molar-refractivity contribution in [3.63, 3.8) is 0 Å². The molecule has 0 amide bonds. The average Bonchev–Trinajstić information content (AvgIpc) is 2.69. The molecule has 1 rings (SSSR count). The Morgan fingerprint density at radius 2 is 1.53 bits per heavy atom. The molecule has 0 bridgehead atoms. The summed E-state index contributed by atoms with van der Waals surface area (Å²) in [5.41, 5.74) is 0.720. The van der Waals surface area contributed by atoms with Crippen LogP contribution in [0.3, 0.4) is 0 Å². The molecule has 0 spiro atoms. The van der Waals surface area contributed by atoms with Crippen molar-refractivity contribution in [2.24, 2.45) is 0 Å². The van der Waals surface area contributed by atoms with Crippen LogP contribution in [0.25, 0.3) is 0 Å². The summed E-state index contributed by atoms with van der Waals surface area (Å²) in [6, 6.07) is 4.92. The predicted molar refractivity (Wildman–Crippen MR) is 123 cm³/mol. The molecule has 0 aliphatic carbocycles. The fraction of sp³-hybridized carbons (Fsp3) is 0.667. The number of rotatable bonds is 15. The molecular weight excluding hydrogens is 458 g/mol. The van der Waals surface area contributed by atoms with E-state index in [0.29, 0.717) is 6.42 Å². The number of aryl methyl sites for hydroxylation is 1. The van der Waals surface area contributed by atoms with Crippen LogP contribution in [0.2, 0.25) is 0 Å². The Morgan fingerprint density at radius 3 is 2.00 bits per heavy atom. The van der Waals surface area contributed by atoms with Gasteiger partial charge in [-0.1, -0.05) is 6.07 Å². The molecule has 0 N–H and O–H groups in total. The second kappa shape index (κ2) is 13.5. The first-order chi connectivity index (χ1) is 15.0. The van der Waals surface area contributed by atoms with E-state index in [1.54, 1.807) is 59.7 Å². The standard InChI is InChI=1S/C21H36O9P2/c1-8-27-32(24,28-9-2)20-14-18(11-13-21(22)25-7)10-12-19(20)26-15-31(23,29-16(3)4)30-17(5)6/h10,12,14,16-17H,8-9,11,13,15H2,1-7H3. The number of ether oxygens (including phenoxy) is 2. The fourth-order valence-corrected chi connectivity index (χ4v) is 6.31. The van der Waals surface area contributed by atoms with Gasteiger partial charge in [-0.25, -0.2) is 0 Å². The van der Waals surface area contributed by atoms with Crippen LogP contribution in [0.1, 0.15) is 53.5 Å². The second-order valence-corrected chi connectivity index (χ2v) is 11.3. The van der Waals surface area contributed by atoms with Crippen molar-refractivity contribution in [1.29, 1.82) is 0 Å². The molecular formula is C21H36O9P2. The van der Waals surface area contributed by atoms with Crippen LogP contribution in [0.15, 0.2) is 18.2 Å². The van der Waals surface area contributed by atoms with Crippen molar-refractivity contribution in [3.8, 4) is 5.75 Å². The molecule has 0 unspecified atom stereocenters. The van der Waals surface area contributed by atoms with Gasteiger partial charge in [-0.3, -0.25) is 13.9 Å². The van der Waals surface area contributed by atoms with Gasteiger partial charge in [0.25, 0.3) is 0 Å². The maximum atomic E-state index is 13.5. The lowest BCUT2D eigenvalue weighted by molar-refractivity contribution is -0.140. The highest BCUT2D eigenvalue weighted by Gasteiger charge is 2.34. The average molecular weight is 494 g/mol. The van der Waals surface area contributed by atoms with Gasteiger partial charge in [0.05, 0.1) is 32.5 Å². The van der Waals surface area contributed by atoms with E-state index < -0.39 is 15.2 Å². The lowest BCUT2D eigenvalue weighted by Gasteiger charge is -2.25. The summed E-state index contributed by atoms with van der Waals surface area (Å²) in [5.74, 6) is -0.181. The van der Waals surface area contributed by atoms with E-state index in [4.69, 9.17) is 22.8 Å². The van der Waals surface area contributed by atoms with Crippen LogP contribution in [0.5, 0.6) is 5.75 Å². The van der Waals surface area contributed by atoms with Crippen LogP contribution in [0.4, 0.5) is 0 Å². The molecule has 1 aromatic carbocycles. The minimum Gasteiger partial charge on any atom is -0.480 e. The van der Waals surface area contributed by atoms with Crippen molar-refractivity contribution in [2.75, 3.05) is 26.7 Å². The first-order valence-electron chi connectivity index (χ1n) is 10.7. The Kier molecular flexibility index (Phi) is 12.1. The zero-order chi connectivity index (χ0) is 24.4. The van der Waals surface area contributed by atoms with E-state index in [9.17, 15) is 13.9 Å². The first kappa shape index (κ1) is 28.8. The number of methoxy groups -OCH3 is 1. The molecule has 0 heterocycles. The minimum atomic E-state index is -3.74. The summed E-state index contributed by atoms with van der Waals surface area (Å²) in [7, 11) is -6.02. The maximum absolute atomic E-state index is 13.5. The van der Waals surface area contributed by atoms with Gasteiger partial charge in [0.2, 0.25) is 0 Å². The van der Waals surface area contributed by atoms with Gasteiger partial charge in [0.15, 0.2) is 6.35 Å². The van der Waals surface area contributed by atoms with Gasteiger partial charge >= 0.3 is 21.2 Å². The first-order valence-corrected chi connectivity index (χ1v) is 13.9.